The normalized spacial score (nSPS) is 14.0. The number of hydrogen-bond acceptors (Lipinski definition) is 7. The summed E-state index contributed by atoms with van der Waals surface area (Å²) in [6.07, 6.45) is 7.51. The summed E-state index contributed by atoms with van der Waals surface area (Å²) in [5.74, 6) is 1.21. The van der Waals surface area contributed by atoms with Gasteiger partial charge in [0.2, 0.25) is 5.95 Å². The van der Waals surface area contributed by atoms with Gasteiger partial charge in [-0.15, -0.1) is 0 Å². The van der Waals surface area contributed by atoms with Crippen LogP contribution in [0, 0.1) is 0 Å². The average Bonchev–Trinajstić information content (AvgIpc) is 2.80. The molecule has 0 aliphatic carbocycles. The highest BCUT2D eigenvalue weighted by atomic mass is 16.2. The molecule has 0 saturated carbocycles. The van der Waals surface area contributed by atoms with Crippen LogP contribution in [0.4, 0.5) is 17.5 Å². The molecule has 1 saturated heterocycles. The second-order valence-corrected chi connectivity index (χ2v) is 6.75. The number of anilines is 3. The average molecular weight is 389 g/mol. The van der Waals surface area contributed by atoms with Crippen LogP contribution in [0.3, 0.4) is 0 Å². The number of hydrogen-bond donors (Lipinski definition) is 1. The zero-order chi connectivity index (χ0) is 20.1. The van der Waals surface area contributed by atoms with E-state index in [-0.39, 0.29) is 5.91 Å². The standard InChI is InChI=1S/C21H23N7O/c1-2-16-6-3-4-7-17(16)26-19-15-24-18(14-25-19)20(29)27-10-12-28(13-11-27)21-22-8-5-9-23-21/h3-9,14-15H,2,10-13H2,1H3,(H,25,26). The lowest BCUT2D eigenvalue weighted by Gasteiger charge is -2.34. The SMILES string of the molecule is CCc1ccccc1Nc1cnc(C(=O)N2CCN(c3ncccn3)CC2)cn1. The fourth-order valence-electron chi connectivity index (χ4n) is 3.32. The van der Waals surface area contributed by atoms with Crippen molar-refractivity contribution in [1.82, 2.24) is 24.8 Å². The molecule has 0 unspecified atom stereocenters. The number of amides is 1. The van der Waals surface area contributed by atoms with E-state index in [1.807, 2.05) is 18.2 Å². The molecule has 1 amide bonds. The quantitative estimate of drug-likeness (QED) is 0.717. The first-order chi connectivity index (χ1) is 14.2. The summed E-state index contributed by atoms with van der Waals surface area (Å²) in [6.45, 7) is 4.69. The van der Waals surface area contributed by atoms with Crippen molar-refractivity contribution < 1.29 is 4.79 Å². The summed E-state index contributed by atoms with van der Waals surface area (Å²) < 4.78 is 0. The van der Waals surface area contributed by atoms with E-state index in [4.69, 9.17) is 0 Å². The summed E-state index contributed by atoms with van der Waals surface area (Å²) in [6, 6.07) is 9.87. The number of carbonyl (C=O) groups is 1. The van der Waals surface area contributed by atoms with Gasteiger partial charge in [-0.05, 0) is 24.1 Å². The van der Waals surface area contributed by atoms with Gasteiger partial charge in [0, 0.05) is 44.3 Å². The fourth-order valence-corrected chi connectivity index (χ4v) is 3.32. The van der Waals surface area contributed by atoms with Crippen LogP contribution in [0.15, 0.2) is 55.1 Å². The maximum atomic E-state index is 12.8. The van der Waals surface area contributed by atoms with Crippen LogP contribution in [0.25, 0.3) is 0 Å². The minimum Gasteiger partial charge on any atom is -0.339 e. The molecular formula is C21H23N7O. The Balaban J connectivity index is 1.37. The molecule has 3 aromatic rings. The van der Waals surface area contributed by atoms with Gasteiger partial charge in [0.25, 0.3) is 5.91 Å². The molecule has 148 valence electrons. The first kappa shape index (κ1) is 18.8. The van der Waals surface area contributed by atoms with Crippen LogP contribution < -0.4 is 10.2 Å². The predicted octanol–water partition coefficient (Wildman–Crippen LogP) is 2.54. The number of benzene rings is 1. The molecule has 1 aliphatic rings. The van der Waals surface area contributed by atoms with Gasteiger partial charge in [0.1, 0.15) is 11.5 Å². The van der Waals surface area contributed by atoms with Gasteiger partial charge in [-0.2, -0.15) is 0 Å². The molecule has 1 N–H and O–H groups in total. The summed E-state index contributed by atoms with van der Waals surface area (Å²) >= 11 is 0. The molecule has 8 heteroatoms. The first-order valence-electron chi connectivity index (χ1n) is 9.73. The lowest BCUT2D eigenvalue weighted by Crippen LogP contribution is -2.49. The van der Waals surface area contributed by atoms with E-state index in [1.54, 1.807) is 29.6 Å². The molecule has 0 atom stereocenters. The summed E-state index contributed by atoms with van der Waals surface area (Å²) in [5.41, 5.74) is 2.56. The number of rotatable bonds is 5. The Kier molecular flexibility index (Phi) is 5.60. The number of aryl methyl sites for hydroxylation is 1. The van der Waals surface area contributed by atoms with E-state index in [0.29, 0.717) is 43.6 Å². The monoisotopic (exact) mass is 389 g/mol. The largest absolute Gasteiger partial charge is 0.339 e. The van der Waals surface area contributed by atoms with Crippen molar-refractivity contribution in [2.45, 2.75) is 13.3 Å². The van der Waals surface area contributed by atoms with E-state index >= 15 is 0 Å². The van der Waals surface area contributed by atoms with E-state index < -0.39 is 0 Å². The van der Waals surface area contributed by atoms with Gasteiger partial charge in [-0.3, -0.25) is 4.79 Å². The number of piperazine rings is 1. The number of nitrogens with one attached hydrogen (secondary N) is 1. The Morgan fingerprint density at radius 3 is 2.41 bits per heavy atom. The molecule has 4 rings (SSSR count). The Morgan fingerprint density at radius 1 is 0.966 bits per heavy atom. The van der Waals surface area contributed by atoms with Crippen LogP contribution in [-0.2, 0) is 6.42 Å². The highest BCUT2D eigenvalue weighted by Crippen LogP contribution is 2.19. The smallest absolute Gasteiger partial charge is 0.274 e. The highest BCUT2D eigenvalue weighted by Gasteiger charge is 2.24. The van der Waals surface area contributed by atoms with Crippen molar-refractivity contribution in [2.24, 2.45) is 0 Å². The molecule has 3 heterocycles. The first-order valence-corrected chi connectivity index (χ1v) is 9.73. The number of aromatic nitrogens is 4. The summed E-state index contributed by atoms with van der Waals surface area (Å²) in [4.78, 5) is 33.9. The minimum absolute atomic E-state index is 0.105. The zero-order valence-corrected chi connectivity index (χ0v) is 16.3. The van der Waals surface area contributed by atoms with Gasteiger partial charge >= 0.3 is 0 Å². The Morgan fingerprint density at radius 2 is 1.72 bits per heavy atom. The molecule has 2 aromatic heterocycles. The van der Waals surface area contributed by atoms with Crippen molar-refractivity contribution in [3.63, 3.8) is 0 Å². The maximum Gasteiger partial charge on any atom is 0.274 e. The van der Waals surface area contributed by atoms with Crippen molar-refractivity contribution in [3.05, 3.63) is 66.4 Å². The minimum atomic E-state index is -0.105. The Bertz CT molecular complexity index is 954. The van der Waals surface area contributed by atoms with Gasteiger partial charge in [0.15, 0.2) is 0 Å². The third-order valence-corrected chi connectivity index (χ3v) is 4.93. The van der Waals surface area contributed by atoms with Gasteiger partial charge in [-0.1, -0.05) is 25.1 Å². The molecule has 0 spiro atoms. The summed E-state index contributed by atoms with van der Waals surface area (Å²) in [5, 5.41) is 3.27. The fraction of sp³-hybridized carbons (Fsp3) is 0.286. The third-order valence-electron chi connectivity index (χ3n) is 4.93. The van der Waals surface area contributed by atoms with Crippen LogP contribution in [-0.4, -0.2) is 56.9 Å². The van der Waals surface area contributed by atoms with Crippen LogP contribution >= 0.6 is 0 Å². The number of nitrogens with zero attached hydrogens (tertiary/aromatic N) is 6. The zero-order valence-electron chi connectivity index (χ0n) is 16.3. The Labute approximate surface area is 169 Å². The Hall–Kier alpha value is -3.55. The van der Waals surface area contributed by atoms with Crippen molar-refractivity contribution in [1.29, 1.82) is 0 Å². The van der Waals surface area contributed by atoms with Crippen molar-refractivity contribution in [2.75, 3.05) is 36.4 Å². The van der Waals surface area contributed by atoms with Crippen molar-refractivity contribution in [3.8, 4) is 0 Å². The predicted molar refractivity (Wildman–Crippen MR) is 111 cm³/mol. The van der Waals surface area contributed by atoms with Crippen LogP contribution in [0.1, 0.15) is 23.0 Å². The molecule has 1 aromatic carbocycles. The van der Waals surface area contributed by atoms with Gasteiger partial charge in [0.05, 0.1) is 12.4 Å². The second kappa shape index (κ2) is 8.64. The molecule has 1 fully saturated rings. The second-order valence-electron chi connectivity index (χ2n) is 6.75. The van der Waals surface area contributed by atoms with Crippen LogP contribution in [0.2, 0.25) is 0 Å². The molecule has 29 heavy (non-hydrogen) atoms. The van der Waals surface area contributed by atoms with E-state index in [2.05, 4.69) is 43.1 Å². The molecule has 1 aliphatic heterocycles. The lowest BCUT2D eigenvalue weighted by molar-refractivity contribution is 0.0740. The lowest BCUT2D eigenvalue weighted by atomic mass is 10.1. The highest BCUT2D eigenvalue weighted by molar-refractivity contribution is 5.92. The molecule has 0 bridgehead atoms. The molecule has 0 radical (unpaired) electrons. The number of carbonyl (C=O) groups excluding carboxylic acids is 1. The summed E-state index contributed by atoms with van der Waals surface area (Å²) in [7, 11) is 0. The van der Waals surface area contributed by atoms with Gasteiger partial charge in [-0.25, -0.2) is 19.9 Å². The van der Waals surface area contributed by atoms with E-state index in [1.165, 1.54) is 11.8 Å². The van der Waals surface area contributed by atoms with E-state index in [9.17, 15) is 4.79 Å². The van der Waals surface area contributed by atoms with E-state index in [0.717, 1.165) is 12.1 Å². The molecular weight excluding hydrogens is 366 g/mol. The third kappa shape index (κ3) is 4.31. The maximum absolute atomic E-state index is 12.8. The van der Waals surface area contributed by atoms with Gasteiger partial charge < -0.3 is 15.1 Å². The number of para-hydroxylation sites is 1. The van der Waals surface area contributed by atoms with Crippen LogP contribution in [0.5, 0.6) is 0 Å². The van der Waals surface area contributed by atoms with Crippen molar-refractivity contribution >= 4 is 23.4 Å². The molecule has 8 nitrogen and oxygen atoms in total. The topological polar surface area (TPSA) is 87.1 Å².